The van der Waals surface area contributed by atoms with Gasteiger partial charge in [-0.25, -0.2) is 9.48 Å². The average molecular weight is 577 g/mol. The summed E-state index contributed by atoms with van der Waals surface area (Å²) in [6.07, 6.45) is 1.88. The molecule has 210 valence electrons. The Hall–Kier alpha value is -2.93. The first kappa shape index (κ1) is 27.6. The summed E-state index contributed by atoms with van der Waals surface area (Å²) in [7, 11) is 0. The first-order chi connectivity index (χ1) is 18.9. The highest BCUT2D eigenvalue weighted by Gasteiger charge is 2.26. The van der Waals surface area contributed by atoms with Crippen molar-refractivity contribution in [1.82, 2.24) is 30.1 Å². The van der Waals surface area contributed by atoms with Crippen LogP contribution in [-0.4, -0.2) is 88.2 Å². The van der Waals surface area contributed by atoms with E-state index in [4.69, 9.17) is 25.6 Å². The molecular formula is C26H33ClN6O5S. The van der Waals surface area contributed by atoms with E-state index >= 15 is 0 Å². The van der Waals surface area contributed by atoms with E-state index in [0.717, 1.165) is 37.2 Å². The molecular weight excluding hydrogens is 544 g/mol. The molecule has 39 heavy (non-hydrogen) atoms. The fourth-order valence-corrected chi connectivity index (χ4v) is 5.76. The number of halogens is 1. The Balaban J connectivity index is 1.31. The third kappa shape index (κ3) is 6.99. The van der Waals surface area contributed by atoms with Crippen LogP contribution in [0.1, 0.15) is 49.3 Å². The fourth-order valence-electron chi connectivity index (χ4n) is 4.76. The van der Waals surface area contributed by atoms with Crippen LogP contribution in [-0.2, 0) is 11.3 Å². The zero-order chi connectivity index (χ0) is 27.4. The lowest BCUT2D eigenvalue weighted by Crippen LogP contribution is -2.47. The quantitative estimate of drug-likeness (QED) is 0.446. The number of amides is 2. The molecule has 0 atom stereocenters. The Bertz CT molecular complexity index is 1270. The molecule has 11 nitrogen and oxygen atoms in total. The second-order valence-electron chi connectivity index (χ2n) is 10.0. The number of ether oxygens (including phenoxy) is 2. The van der Waals surface area contributed by atoms with Crippen LogP contribution in [0.5, 0.6) is 5.88 Å². The smallest absolute Gasteiger partial charge is 0.391 e. The van der Waals surface area contributed by atoms with E-state index in [9.17, 15) is 9.59 Å². The monoisotopic (exact) mass is 576 g/mol. The lowest BCUT2D eigenvalue weighted by Gasteiger charge is -2.34. The number of hydrogen-bond acceptors (Lipinski definition) is 9. The average Bonchev–Trinajstić information content (AvgIpc) is 3.60. The molecule has 2 amide bonds. The van der Waals surface area contributed by atoms with Gasteiger partial charge in [-0.1, -0.05) is 16.8 Å². The molecule has 3 aromatic heterocycles. The highest BCUT2D eigenvalue weighted by Crippen LogP contribution is 2.31. The van der Waals surface area contributed by atoms with Gasteiger partial charge in [0.15, 0.2) is 11.5 Å². The molecule has 2 aliphatic rings. The standard InChI is InChI=1S/C26H33ClN6O5S/c1-17(2)31-9-6-18(7-10-31)28-26(35)37-24-15-20(25(34)32-8-3-12-36-13-11-32)29-33(24)16-19-14-21(38-30-19)22-4-5-23(27)39-22/h4-5,14-15,17-18H,3,6-13,16H2,1-2H3,(H,28,35). The van der Waals surface area contributed by atoms with Crippen LogP contribution in [0, 0.1) is 0 Å². The van der Waals surface area contributed by atoms with E-state index in [2.05, 4.69) is 34.3 Å². The second-order valence-corrected chi connectivity index (χ2v) is 11.7. The number of thiophene rings is 1. The molecule has 0 spiro atoms. The normalized spacial score (nSPS) is 17.4. The lowest BCUT2D eigenvalue weighted by atomic mass is 10.0. The summed E-state index contributed by atoms with van der Waals surface area (Å²) in [5.41, 5.74) is 0.754. The molecule has 0 radical (unpaired) electrons. The Morgan fingerprint density at radius 3 is 2.74 bits per heavy atom. The number of carbonyl (C=O) groups excluding carboxylic acids is 2. The molecule has 0 aliphatic carbocycles. The predicted molar refractivity (Wildman–Crippen MR) is 146 cm³/mol. The van der Waals surface area contributed by atoms with Gasteiger partial charge in [-0.05, 0) is 45.2 Å². The van der Waals surface area contributed by atoms with Gasteiger partial charge >= 0.3 is 6.09 Å². The number of nitrogens with one attached hydrogen (secondary N) is 1. The topological polar surface area (TPSA) is 115 Å². The van der Waals surface area contributed by atoms with Crippen molar-refractivity contribution in [3.8, 4) is 16.5 Å². The van der Waals surface area contributed by atoms with Crippen molar-refractivity contribution >= 4 is 34.9 Å². The highest BCUT2D eigenvalue weighted by atomic mass is 35.5. The number of rotatable bonds is 7. The van der Waals surface area contributed by atoms with Crippen molar-refractivity contribution < 1.29 is 23.6 Å². The summed E-state index contributed by atoms with van der Waals surface area (Å²) in [5.74, 6) is 0.493. The Kier molecular flexibility index (Phi) is 8.85. The molecule has 0 aromatic carbocycles. The number of aromatic nitrogens is 3. The summed E-state index contributed by atoms with van der Waals surface area (Å²) >= 11 is 7.44. The number of nitrogens with zero attached hydrogens (tertiary/aromatic N) is 5. The lowest BCUT2D eigenvalue weighted by molar-refractivity contribution is 0.0734. The zero-order valence-electron chi connectivity index (χ0n) is 22.1. The van der Waals surface area contributed by atoms with Gasteiger partial charge in [0, 0.05) is 57.0 Å². The van der Waals surface area contributed by atoms with Crippen LogP contribution in [0.4, 0.5) is 4.79 Å². The van der Waals surface area contributed by atoms with Gasteiger partial charge < -0.3 is 29.1 Å². The van der Waals surface area contributed by atoms with E-state index in [-0.39, 0.29) is 30.1 Å². The van der Waals surface area contributed by atoms with Gasteiger partial charge in [0.1, 0.15) is 5.69 Å². The van der Waals surface area contributed by atoms with Crippen LogP contribution >= 0.6 is 22.9 Å². The Morgan fingerprint density at radius 1 is 1.18 bits per heavy atom. The number of carbonyl (C=O) groups is 2. The molecule has 1 N–H and O–H groups in total. The van der Waals surface area contributed by atoms with Crippen molar-refractivity contribution in [2.45, 2.75) is 51.7 Å². The van der Waals surface area contributed by atoms with Gasteiger partial charge in [-0.15, -0.1) is 11.3 Å². The molecule has 0 saturated carbocycles. The summed E-state index contributed by atoms with van der Waals surface area (Å²) in [4.78, 5) is 31.1. The van der Waals surface area contributed by atoms with Gasteiger partial charge in [0.2, 0.25) is 5.88 Å². The van der Waals surface area contributed by atoms with Crippen LogP contribution in [0.15, 0.2) is 28.8 Å². The molecule has 0 unspecified atom stereocenters. The molecule has 3 aromatic rings. The van der Waals surface area contributed by atoms with Crippen molar-refractivity contribution in [2.24, 2.45) is 0 Å². The minimum Gasteiger partial charge on any atom is -0.391 e. The third-order valence-corrected chi connectivity index (χ3v) is 8.18. The van der Waals surface area contributed by atoms with E-state index < -0.39 is 6.09 Å². The molecule has 0 bridgehead atoms. The summed E-state index contributed by atoms with van der Waals surface area (Å²) < 4.78 is 18.8. The number of piperidine rings is 1. The Labute approximate surface area is 236 Å². The largest absolute Gasteiger partial charge is 0.414 e. The second kappa shape index (κ2) is 12.5. The minimum atomic E-state index is -0.574. The van der Waals surface area contributed by atoms with Gasteiger partial charge in [0.25, 0.3) is 5.91 Å². The fraction of sp³-hybridized carbons (Fsp3) is 0.538. The molecule has 2 saturated heterocycles. The van der Waals surface area contributed by atoms with Gasteiger partial charge in [-0.2, -0.15) is 5.10 Å². The van der Waals surface area contributed by atoms with Crippen molar-refractivity contribution in [3.63, 3.8) is 0 Å². The van der Waals surface area contributed by atoms with Crippen molar-refractivity contribution in [3.05, 3.63) is 40.0 Å². The number of hydrogen-bond donors (Lipinski definition) is 1. The van der Waals surface area contributed by atoms with E-state index in [1.807, 2.05) is 6.07 Å². The van der Waals surface area contributed by atoms with Crippen LogP contribution in [0.2, 0.25) is 4.34 Å². The maximum atomic E-state index is 13.2. The highest BCUT2D eigenvalue weighted by molar-refractivity contribution is 7.19. The molecule has 5 heterocycles. The molecule has 13 heteroatoms. The number of likely N-dealkylation sites (tertiary alicyclic amines) is 1. The SMILES string of the molecule is CC(C)N1CCC(NC(=O)Oc2cc(C(=O)N3CCCOCC3)nn2Cc2cc(-c3ccc(Cl)s3)on2)CC1. The molecule has 5 rings (SSSR count). The third-order valence-electron chi connectivity index (χ3n) is 6.94. The molecule has 2 aliphatic heterocycles. The zero-order valence-corrected chi connectivity index (χ0v) is 23.7. The van der Waals surface area contributed by atoms with Crippen molar-refractivity contribution in [1.29, 1.82) is 0 Å². The predicted octanol–water partition coefficient (Wildman–Crippen LogP) is 4.13. The van der Waals surface area contributed by atoms with Crippen LogP contribution in [0.25, 0.3) is 10.6 Å². The first-order valence-electron chi connectivity index (χ1n) is 13.2. The Morgan fingerprint density at radius 2 is 2.00 bits per heavy atom. The van der Waals surface area contributed by atoms with Crippen LogP contribution in [0.3, 0.4) is 0 Å². The van der Waals surface area contributed by atoms with E-state index in [1.165, 1.54) is 22.1 Å². The van der Waals surface area contributed by atoms with Crippen LogP contribution < -0.4 is 10.1 Å². The maximum Gasteiger partial charge on any atom is 0.414 e. The van der Waals surface area contributed by atoms with E-state index in [1.54, 1.807) is 17.0 Å². The van der Waals surface area contributed by atoms with Crippen molar-refractivity contribution in [2.75, 3.05) is 39.4 Å². The van der Waals surface area contributed by atoms with E-state index in [0.29, 0.717) is 48.1 Å². The first-order valence-corrected chi connectivity index (χ1v) is 14.4. The summed E-state index contributed by atoms with van der Waals surface area (Å²) in [6.45, 7) is 8.48. The summed E-state index contributed by atoms with van der Waals surface area (Å²) in [5, 5.41) is 11.6. The summed E-state index contributed by atoms with van der Waals surface area (Å²) in [6, 6.07) is 7.45. The minimum absolute atomic E-state index is 0.0257. The molecule has 2 fully saturated rings. The maximum absolute atomic E-state index is 13.2. The van der Waals surface area contributed by atoms with Gasteiger partial charge in [-0.3, -0.25) is 4.79 Å². The van der Waals surface area contributed by atoms with Gasteiger partial charge in [0.05, 0.1) is 22.4 Å².